The van der Waals surface area contributed by atoms with Gasteiger partial charge in [0, 0.05) is 24.0 Å². The number of nitrogens with one attached hydrogen (secondary N) is 3. The van der Waals surface area contributed by atoms with Crippen LogP contribution in [-0.4, -0.2) is 57.3 Å². The summed E-state index contributed by atoms with van der Waals surface area (Å²) in [5, 5.41) is 13.7. The lowest BCUT2D eigenvalue weighted by atomic mass is 10.2. The van der Waals surface area contributed by atoms with Gasteiger partial charge >= 0.3 is 0 Å². The molecule has 1 fully saturated rings. The third-order valence-corrected chi connectivity index (χ3v) is 5.49. The molecule has 1 aliphatic heterocycles. The molecule has 4 aromatic rings. The monoisotopic (exact) mass is 460 g/mol. The van der Waals surface area contributed by atoms with Crippen molar-refractivity contribution in [1.82, 2.24) is 29.9 Å². The molecule has 1 atom stereocenters. The van der Waals surface area contributed by atoms with E-state index in [0.29, 0.717) is 34.7 Å². The number of fused-ring (bicyclic) bond motifs is 1. The van der Waals surface area contributed by atoms with E-state index >= 15 is 0 Å². The highest BCUT2D eigenvalue weighted by atomic mass is 16.5. The van der Waals surface area contributed by atoms with Gasteiger partial charge in [0.15, 0.2) is 17.2 Å². The van der Waals surface area contributed by atoms with Crippen LogP contribution in [0.5, 0.6) is 11.6 Å². The second-order valence-corrected chi connectivity index (χ2v) is 7.75. The van der Waals surface area contributed by atoms with Crippen LogP contribution in [-0.2, 0) is 4.79 Å². The molecular weight excluding hydrogens is 436 g/mol. The fraction of sp³-hybridized carbons (Fsp3) is 0.261. The van der Waals surface area contributed by atoms with Crippen molar-refractivity contribution in [3.8, 4) is 22.9 Å². The first-order valence-electron chi connectivity index (χ1n) is 10.9. The molecule has 4 aromatic heterocycles. The second-order valence-electron chi connectivity index (χ2n) is 7.75. The number of carbonyl (C=O) groups is 1. The fourth-order valence-electron chi connectivity index (χ4n) is 3.80. The molecule has 0 saturated carbocycles. The first-order valence-corrected chi connectivity index (χ1v) is 10.9. The smallest absolute Gasteiger partial charge is 0.256 e. The highest BCUT2D eigenvalue weighted by molar-refractivity contribution is 5.94. The Bertz CT molecular complexity index is 1330. The summed E-state index contributed by atoms with van der Waals surface area (Å²) < 4.78 is 12.2. The lowest BCUT2D eigenvalue weighted by Crippen LogP contribution is -2.35. The predicted octanol–water partition coefficient (Wildman–Crippen LogP) is 2.64. The number of aromatic nitrogens is 5. The van der Waals surface area contributed by atoms with Crippen molar-refractivity contribution < 1.29 is 14.3 Å². The Morgan fingerprint density at radius 1 is 1.12 bits per heavy atom. The van der Waals surface area contributed by atoms with Gasteiger partial charge in [-0.3, -0.25) is 4.79 Å². The topological polar surface area (TPSA) is 128 Å². The highest BCUT2D eigenvalue weighted by Crippen LogP contribution is 2.29. The van der Waals surface area contributed by atoms with E-state index in [-0.39, 0.29) is 11.9 Å². The predicted molar refractivity (Wildman–Crippen MR) is 126 cm³/mol. The average Bonchev–Trinajstić information content (AvgIpc) is 3.53. The van der Waals surface area contributed by atoms with Gasteiger partial charge in [-0.2, -0.15) is 0 Å². The van der Waals surface area contributed by atoms with Gasteiger partial charge in [-0.15, -0.1) is 5.10 Å². The largest absolute Gasteiger partial charge is 0.491 e. The first-order chi connectivity index (χ1) is 16.6. The number of rotatable bonds is 7. The summed E-state index contributed by atoms with van der Waals surface area (Å²) in [4.78, 5) is 25.8. The number of hydrogen-bond donors (Lipinski definition) is 3. The van der Waals surface area contributed by atoms with Gasteiger partial charge in [-0.1, -0.05) is 6.07 Å². The standard InChI is InChI=1S/C23H24N8O3/c1-33-17-11-14(13-25-23(17)34-2)15-8-10-31-21(26-15)12-20(30-31)28-18-6-3-7-19(27-18)29-22(32)16-5-4-9-24-16/h3,6-8,10-13,16,24H,4-5,9H2,1-2H3,(H2,27,28,29,30,32). The van der Waals surface area contributed by atoms with Gasteiger partial charge in [-0.25, -0.2) is 19.5 Å². The number of carbonyl (C=O) groups excluding carboxylic acids is 1. The molecule has 5 heterocycles. The molecule has 0 bridgehead atoms. The third kappa shape index (κ3) is 4.46. The minimum atomic E-state index is -0.169. The van der Waals surface area contributed by atoms with Gasteiger partial charge < -0.3 is 25.4 Å². The maximum absolute atomic E-state index is 12.3. The van der Waals surface area contributed by atoms with Crippen LogP contribution in [0.4, 0.5) is 17.5 Å². The normalized spacial score (nSPS) is 15.3. The summed E-state index contributed by atoms with van der Waals surface area (Å²) in [6.07, 6.45) is 5.33. The Morgan fingerprint density at radius 2 is 2.00 bits per heavy atom. The quantitative estimate of drug-likeness (QED) is 0.381. The number of ether oxygens (including phenoxy) is 2. The van der Waals surface area contributed by atoms with E-state index in [1.165, 1.54) is 0 Å². The van der Waals surface area contributed by atoms with E-state index in [4.69, 9.17) is 9.47 Å². The molecule has 1 unspecified atom stereocenters. The van der Waals surface area contributed by atoms with Crippen LogP contribution < -0.4 is 25.4 Å². The summed E-state index contributed by atoms with van der Waals surface area (Å²) in [5.41, 5.74) is 2.15. The van der Waals surface area contributed by atoms with E-state index < -0.39 is 0 Å². The summed E-state index contributed by atoms with van der Waals surface area (Å²) in [6.45, 7) is 0.860. The van der Waals surface area contributed by atoms with Gasteiger partial charge in [0.1, 0.15) is 11.6 Å². The van der Waals surface area contributed by atoms with Crippen molar-refractivity contribution in [2.75, 3.05) is 31.4 Å². The van der Waals surface area contributed by atoms with Crippen molar-refractivity contribution in [3.63, 3.8) is 0 Å². The summed E-state index contributed by atoms with van der Waals surface area (Å²) in [7, 11) is 3.11. The lowest BCUT2D eigenvalue weighted by Gasteiger charge is -2.11. The van der Waals surface area contributed by atoms with Crippen LogP contribution in [0.2, 0.25) is 0 Å². The van der Waals surface area contributed by atoms with Crippen LogP contribution in [0, 0.1) is 0 Å². The Kier molecular flexibility index (Phi) is 5.91. The number of anilines is 3. The van der Waals surface area contributed by atoms with E-state index in [9.17, 15) is 4.79 Å². The van der Waals surface area contributed by atoms with Crippen LogP contribution >= 0.6 is 0 Å². The minimum Gasteiger partial charge on any atom is -0.491 e. The highest BCUT2D eigenvalue weighted by Gasteiger charge is 2.22. The lowest BCUT2D eigenvalue weighted by molar-refractivity contribution is -0.117. The molecular formula is C23H24N8O3. The van der Waals surface area contributed by atoms with Crippen molar-refractivity contribution in [2.45, 2.75) is 18.9 Å². The number of amides is 1. The van der Waals surface area contributed by atoms with Crippen LogP contribution in [0.3, 0.4) is 0 Å². The molecule has 0 aromatic carbocycles. The number of hydrogen-bond acceptors (Lipinski definition) is 9. The van der Waals surface area contributed by atoms with Crippen molar-refractivity contribution in [3.05, 3.63) is 48.8 Å². The zero-order valence-electron chi connectivity index (χ0n) is 18.8. The Hall–Kier alpha value is -4.25. The van der Waals surface area contributed by atoms with Crippen molar-refractivity contribution >= 4 is 29.0 Å². The van der Waals surface area contributed by atoms with E-state index in [1.54, 1.807) is 31.0 Å². The van der Waals surface area contributed by atoms with Crippen molar-refractivity contribution in [1.29, 1.82) is 0 Å². The molecule has 0 radical (unpaired) electrons. The van der Waals surface area contributed by atoms with Crippen LogP contribution in [0.15, 0.2) is 48.8 Å². The van der Waals surface area contributed by atoms with E-state index in [1.807, 2.05) is 36.5 Å². The molecule has 0 aliphatic carbocycles. The van der Waals surface area contributed by atoms with Crippen molar-refractivity contribution in [2.24, 2.45) is 0 Å². The molecule has 0 spiro atoms. The molecule has 5 rings (SSSR count). The Balaban J connectivity index is 1.34. The third-order valence-electron chi connectivity index (χ3n) is 5.49. The summed E-state index contributed by atoms with van der Waals surface area (Å²) in [6, 6.07) is 10.7. The Morgan fingerprint density at radius 3 is 2.79 bits per heavy atom. The van der Waals surface area contributed by atoms with Crippen LogP contribution in [0.1, 0.15) is 12.8 Å². The van der Waals surface area contributed by atoms with Crippen LogP contribution in [0.25, 0.3) is 16.9 Å². The summed E-state index contributed by atoms with van der Waals surface area (Å²) >= 11 is 0. The zero-order valence-corrected chi connectivity index (χ0v) is 18.8. The average molecular weight is 460 g/mol. The van der Waals surface area contributed by atoms with Gasteiger partial charge in [0.25, 0.3) is 5.88 Å². The molecule has 1 aliphatic rings. The molecule has 1 saturated heterocycles. The van der Waals surface area contributed by atoms with Gasteiger partial charge in [0.05, 0.1) is 26.0 Å². The van der Waals surface area contributed by atoms with E-state index in [0.717, 1.165) is 30.6 Å². The number of nitrogens with zero attached hydrogens (tertiary/aromatic N) is 5. The molecule has 3 N–H and O–H groups in total. The fourth-order valence-corrected chi connectivity index (χ4v) is 3.80. The molecule has 11 heteroatoms. The zero-order chi connectivity index (χ0) is 23.5. The van der Waals surface area contributed by atoms with Gasteiger partial charge in [-0.05, 0) is 43.7 Å². The van der Waals surface area contributed by atoms with Gasteiger partial charge in [0.2, 0.25) is 5.91 Å². The molecule has 1 amide bonds. The maximum atomic E-state index is 12.3. The minimum absolute atomic E-state index is 0.0729. The second kappa shape index (κ2) is 9.32. The Labute approximate surface area is 195 Å². The molecule has 11 nitrogen and oxygen atoms in total. The first kappa shape index (κ1) is 21.6. The molecule has 34 heavy (non-hydrogen) atoms. The summed E-state index contributed by atoms with van der Waals surface area (Å²) in [5.74, 6) is 2.48. The number of methoxy groups -OCH3 is 2. The molecule has 174 valence electrons. The van der Waals surface area contributed by atoms with E-state index in [2.05, 4.69) is 36.0 Å². The number of pyridine rings is 2. The SMILES string of the molecule is COc1cc(-c2ccn3nc(Nc4cccc(NC(=O)C5CCCN5)n4)cc3n2)cnc1OC. The maximum Gasteiger partial charge on any atom is 0.256 e.